The van der Waals surface area contributed by atoms with Gasteiger partial charge in [-0.2, -0.15) is 5.26 Å². The summed E-state index contributed by atoms with van der Waals surface area (Å²) in [7, 11) is 0. The monoisotopic (exact) mass is 329 g/mol. The number of hydrogen-bond donors (Lipinski definition) is 2. The van der Waals surface area contributed by atoms with Crippen LogP contribution in [0.3, 0.4) is 0 Å². The van der Waals surface area contributed by atoms with Crippen LogP contribution < -0.4 is 10.6 Å². The molecule has 0 atom stereocenters. The molecule has 0 spiro atoms. The summed E-state index contributed by atoms with van der Waals surface area (Å²) in [4.78, 5) is 19.4. The van der Waals surface area contributed by atoms with Gasteiger partial charge in [0.15, 0.2) is 0 Å². The van der Waals surface area contributed by atoms with Crippen LogP contribution in [0.5, 0.6) is 0 Å². The third-order valence-corrected chi connectivity index (χ3v) is 3.53. The zero-order valence-corrected chi connectivity index (χ0v) is 12.5. The van der Waals surface area contributed by atoms with Gasteiger partial charge < -0.3 is 10.6 Å². The van der Waals surface area contributed by atoms with E-state index >= 15 is 0 Å². The number of rotatable bonds is 5. The van der Waals surface area contributed by atoms with Crippen LogP contribution in [-0.2, 0) is 0 Å². The van der Waals surface area contributed by atoms with Crippen molar-refractivity contribution in [2.24, 2.45) is 0 Å². The Balaban J connectivity index is 1.88. The Labute approximate surface area is 136 Å². The van der Waals surface area contributed by atoms with Crippen molar-refractivity contribution in [3.63, 3.8) is 0 Å². The van der Waals surface area contributed by atoms with Crippen molar-refractivity contribution in [2.75, 3.05) is 10.6 Å². The summed E-state index contributed by atoms with van der Waals surface area (Å²) in [5.74, 6) is -0.727. The van der Waals surface area contributed by atoms with Crippen LogP contribution in [0.15, 0.2) is 30.7 Å². The summed E-state index contributed by atoms with van der Waals surface area (Å²) >= 11 is 0. The lowest BCUT2D eigenvalue weighted by Crippen LogP contribution is -2.17. The zero-order chi connectivity index (χ0) is 17.1. The van der Waals surface area contributed by atoms with Crippen LogP contribution in [-0.4, -0.2) is 21.9 Å². The fraction of sp³-hybridized carbons (Fsp3) is 0.250. The lowest BCUT2D eigenvalue weighted by Gasteiger charge is -2.14. The van der Waals surface area contributed by atoms with Crippen LogP contribution in [0.1, 0.15) is 40.9 Å². The van der Waals surface area contributed by atoms with E-state index in [0.29, 0.717) is 23.0 Å². The predicted octanol–water partition coefficient (Wildman–Crippen LogP) is 3.11. The fourth-order valence-corrected chi connectivity index (χ4v) is 2.17. The molecule has 1 heterocycles. The third kappa shape index (κ3) is 3.46. The number of alkyl halides is 2. The van der Waals surface area contributed by atoms with Gasteiger partial charge in [0, 0.05) is 12.2 Å². The maximum atomic E-state index is 13.0. The molecule has 2 N–H and O–H groups in total. The van der Waals surface area contributed by atoms with Crippen molar-refractivity contribution in [1.82, 2.24) is 9.97 Å². The van der Waals surface area contributed by atoms with Crippen molar-refractivity contribution in [3.8, 4) is 6.07 Å². The molecule has 1 aromatic carbocycles. The Morgan fingerprint density at radius 1 is 1.33 bits per heavy atom. The largest absolute Gasteiger partial charge is 0.381 e. The van der Waals surface area contributed by atoms with E-state index in [1.807, 2.05) is 6.07 Å². The first-order valence-electron chi connectivity index (χ1n) is 7.28. The van der Waals surface area contributed by atoms with Gasteiger partial charge in [-0.3, -0.25) is 4.79 Å². The molecule has 0 aliphatic heterocycles. The minimum absolute atomic E-state index is 0.283. The van der Waals surface area contributed by atoms with Crippen molar-refractivity contribution in [2.45, 2.75) is 25.3 Å². The molecule has 3 rings (SSSR count). The maximum absolute atomic E-state index is 13.0. The minimum atomic E-state index is -2.88. The lowest BCUT2D eigenvalue weighted by molar-refractivity contribution is 0.100. The Morgan fingerprint density at radius 2 is 2.12 bits per heavy atom. The fourth-order valence-electron chi connectivity index (χ4n) is 2.17. The quantitative estimate of drug-likeness (QED) is 0.879. The minimum Gasteiger partial charge on any atom is -0.381 e. The van der Waals surface area contributed by atoms with Gasteiger partial charge in [0.25, 0.3) is 12.3 Å². The highest BCUT2D eigenvalue weighted by atomic mass is 19.3. The molecule has 1 aliphatic carbocycles. The molecule has 1 aromatic heterocycles. The van der Waals surface area contributed by atoms with Crippen molar-refractivity contribution < 1.29 is 13.6 Å². The second-order valence-electron chi connectivity index (χ2n) is 5.37. The number of carbonyl (C=O) groups is 1. The summed E-state index contributed by atoms with van der Waals surface area (Å²) in [6.45, 7) is 0. The first-order valence-corrected chi connectivity index (χ1v) is 7.28. The molecule has 1 aliphatic rings. The highest BCUT2D eigenvalue weighted by Gasteiger charge is 2.24. The number of aromatic nitrogens is 2. The van der Waals surface area contributed by atoms with Crippen LogP contribution in [0.4, 0.5) is 20.2 Å². The van der Waals surface area contributed by atoms with E-state index in [9.17, 15) is 13.6 Å². The van der Waals surface area contributed by atoms with Gasteiger partial charge in [-0.15, -0.1) is 0 Å². The third-order valence-electron chi connectivity index (χ3n) is 3.53. The van der Waals surface area contributed by atoms with E-state index in [2.05, 4.69) is 20.6 Å². The second-order valence-corrected chi connectivity index (χ2v) is 5.37. The summed E-state index contributed by atoms with van der Waals surface area (Å²) in [5, 5.41) is 14.8. The number of benzene rings is 1. The number of anilines is 2. The summed E-state index contributed by atoms with van der Waals surface area (Å²) in [6.07, 6.45) is 1.17. The number of hydrogen-bond acceptors (Lipinski definition) is 5. The van der Waals surface area contributed by atoms with Crippen molar-refractivity contribution in [1.29, 1.82) is 5.26 Å². The zero-order valence-electron chi connectivity index (χ0n) is 12.5. The average Bonchev–Trinajstić information content (AvgIpc) is 3.40. The molecule has 122 valence electrons. The normalized spacial score (nSPS) is 13.4. The molecule has 6 nitrogen and oxygen atoms in total. The van der Waals surface area contributed by atoms with E-state index in [4.69, 9.17) is 5.26 Å². The van der Waals surface area contributed by atoms with Gasteiger partial charge in [0.2, 0.25) is 0 Å². The molecule has 0 bridgehead atoms. The Hall–Kier alpha value is -3.08. The SMILES string of the molecule is N#Cc1ccc(NC(=O)c2cncnc2C(F)F)c(NC2CC2)c1. The molecule has 2 aromatic rings. The van der Waals surface area contributed by atoms with E-state index in [-0.39, 0.29) is 5.56 Å². The molecule has 1 fully saturated rings. The van der Waals surface area contributed by atoms with Gasteiger partial charge in [0.05, 0.1) is 28.6 Å². The van der Waals surface area contributed by atoms with Gasteiger partial charge in [-0.05, 0) is 31.0 Å². The van der Waals surface area contributed by atoms with E-state index < -0.39 is 18.0 Å². The van der Waals surface area contributed by atoms with Gasteiger partial charge in [-0.25, -0.2) is 18.7 Å². The van der Waals surface area contributed by atoms with Gasteiger partial charge >= 0.3 is 0 Å². The molecule has 1 amide bonds. The Kier molecular flexibility index (Phi) is 4.33. The van der Waals surface area contributed by atoms with Crippen molar-refractivity contribution in [3.05, 3.63) is 47.5 Å². The molecule has 24 heavy (non-hydrogen) atoms. The van der Waals surface area contributed by atoms with Crippen LogP contribution in [0.2, 0.25) is 0 Å². The van der Waals surface area contributed by atoms with E-state index in [0.717, 1.165) is 25.4 Å². The number of amides is 1. The van der Waals surface area contributed by atoms with Crippen LogP contribution in [0, 0.1) is 11.3 Å². The van der Waals surface area contributed by atoms with Crippen LogP contribution in [0.25, 0.3) is 0 Å². The highest BCUT2D eigenvalue weighted by Crippen LogP contribution is 2.31. The smallest absolute Gasteiger partial charge is 0.281 e. The van der Waals surface area contributed by atoms with Gasteiger partial charge in [-0.1, -0.05) is 0 Å². The molecule has 8 heteroatoms. The standard InChI is InChI=1S/C16H13F2N5O/c17-15(18)14-11(7-20-8-21-14)16(24)23-12-4-1-9(6-19)5-13(12)22-10-2-3-10/h1,4-5,7-8,10,15,22H,2-3H2,(H,23,24). The predicted molar refractivity (Wildman–Crippen MR) is 82.7 cm³/mol. The van der Waals surface area contributed by atoms with Crippen molar-refractivity contribution >= 4 is 17.3 Å². The van der Waals surface area contributed by atoms with Gasteiger partial charge in [0.1, 0.15) is 12.0 Å². The lowest BCUT2D eigenvalue weighted by atomic mass is 10.1. The first-order chi connectivity index (χ1) is 11.6. The molecular weight excluding hydrogens is 316 g/mol. The average molecular weight is 329 g/mol. The molecule has 0 unspecified atom stereocenters. The summed E-state index contributed by atoms with van der Waals surface area (Å²) in [6, 6.07) is 7.04. The molecular formula is C16H13F2N5O. The Bertz CT molecular complexity index is 814. The summed E-state index contributed by atoms with van der Waals surface area (Å²) in [5.41, 5.74) is 0.532. The number of nitriles is 1. The Morgan fingerprint density at radius 3 is 2.79 bits per heavy atom. The first kappa shape index (κ1) is 15.8. The topological polar surface area (TPSA) is 90.7 Å². The number of carbonyl (C=O) groups excluding carboxylic acids is 1. The highest BCUT2D eigenvalue weighted by molar-refractivity contribution is 6.06. The second kappa shape index (κ2) is 6.58. The molecule has 1 saturated carbocycles. The number of nitrogens with one attached hydrogen (secondary N) is 2. The molecule has 0 saturated heterocycles. The van der Waals surface area contributed by atoms with E-state index in [1.54, 1.807) is 18.2 Å². The maximum Gasteiger partial charge on any atom is 0.281 e. The van der Waals surface area contributed by atoms with Crippen LogP contribution >= 0.6 is 0 Å². The number of nitrogens with zero attached hydrogens (tertiary/aromatic N) is 3. The number of halogens is 2. The molecule has 0 radical (unpaired) electrons. The van der Waals surface area contributed by atoms with E-state index in [1.165, 1.54) is 0 Å². The summed E-state index contributed by atoms with van der Waals surface area (Å²) < 4.78 is 25.9.